The Morgan fingerprint density at radius 2 is 1.97 bits per heavy atom. The van der Waals surface area contributed by atoms with Gasteiger partial charge in [0.25, 0.3) is 0 Å². The van der Waals surface area contributed by atoms with E-state index in [1.165, 1.54) is 5.56 Å². The predicted molar refractivity (Wildman–Crippen MR) is 128 cm³/mol. The van der Waals surface area contributed by atoms with E-state index in [1.807, 2.05) is 36.4 Å². The van der Waals surface area contributed by atoms with Crippen molar-refractivity contribution < 1.29 is 19.5 Å². The normalized spacial score (nSPS) is 18.4. The summed E-state index contributed by atoms with van der Waals surface area (Å²) in [5.41, 5.74) is 2.88. The summed E-state index contributed by atoms with van der Waals surface area (Å²) < 4.78 is 0. The van der Waals surface area contributed by atoms with Crippen LogP contribution in [0.4, 0.5) is 5.82 Å². The fraction of sp³-hybridized carbons (Fsp3) is 0.462. The van der Waals surface area contributed by atoms with Gasteiger partial charge in [-0.25, -0.2) is 4.98 Å². The molecule has 0 aliphatic carbocycles. The number of nitrogens with one attached hydrogen (secondary N) is 2. The van der Waals surface area contributed by atoms with E-state index in [2.05, 4.69) is 21.7 Å². The highest BCUT2D eigenvalue weighted by molar-refractivity contribution is 5.82. The number of carbonyl (C=O) groups excluding carboxylic acids is 2. The Labute approximate surface area is 199 Å². The van der Waals surface area contributed by atoms with Crippen LogP contribution >= 0.6 is 0 Å². The summed E-state index contributed by atoms with van der Waals surface area (Å²) in [5.74, 6) is -0.560. The molecule has 180 valence electrons. The molecule has 34 heavy (non-hydrogen) atoms. The highest BCUT2D eigenvalue weighted by Gasteiger charge is 2.30. The van der Waals surface area contributed by atoms with Crippen LogP contribution in [0.3, 0.4) is 0 Å². The van der Waals surface area contributed by atoms with Gasteiger partial charge < -0.3 is 20.6 Å². The van der Waals surface area contributed by atoms with Crippen LogP contribution in [0.5, 0.6) is 0 Å². The second-order valence-electron chi connectivity index (χ2n) is 9.09. The number of benzene rings is 1. The third-order valence-corrected chi connectivity index (χ3v) is 6.59. The van der Waals surface area contributed by atoms with Crippen LogP contribution in [-0.2, 0) is 27.2 Å². The van der Waals surface area contributed by atoms with Crippen LogP contribution in [0.15, 0.2) is 42.5 Å². The van der Waals surface area contributed by atoms with Crippen molar-refractivity contribution in [1.82, 2.24) is 15.2 Å². The molecule has 8 heteroatoms. The first-order valence-corrected chi connectivity index (χ1v) is 12.1. The molecule has 4 rings (SSSR count). The number of aromatic nitrogens is 1. The molecule has 0 saturated carbocycles. The second-order valence-corrected chi connectivity index (χ2v) is 9.09. The number of anilines is 1. The van der Waals surface area contributed by atoms with Gasteiger partial charge in [0.05, 0.1) is 18.4 Å². The largest absolute Gasteiger partial charge is 0.481 e. The zero-order valence-corrected chi connectivity index (χ0v) is 19.3. The number of piperidine rings is 1. The maximum atomic E-state index is 13.0. The summed E-state index contributed by atoms with van der Waals surface area (Å²) in [7, 11) is 0. The topological polar surface area (TPSA) is 112 Å². The van der Waals surface area contributed by atoms with Gasteiger partial charge in [0.15, 0.2) is 0 Å². The first kappa shape index (κ1) is 23.7. The lowest BCUT2D eigenvalue weighted by atomic mass is 9.95. The van der Waals surface area contributed by atoms with Gasteiger partial charge in [0.1, 0.15) is 5.82 Å². The zero-order chi connectivity index (χ0) is 23.9. The summed E-state index contributed by atoms with van der Waals surface area (Å²) in [4.78, 5) is 43.6. The fourth-order valence-electron chi connectivity index (χ4n) is 4.72. The summed E-state index contributed by atoms with van der Waals surface area (Å²) in [6.45, 7) is 1.93. The van der Waals surface area contributed by atoms with Crippen molar-refractivity contribution in [2.75, 3.05) is 25.0 Å². The summed E-state index contributed by atoms with van der Waals surface area (Å²) in [6.07, 6.45) is 4.30. The molecular formula is C26H32N4O4. The number of hydrogen-bond donors (Lipinski definition) is 3. The van der Waals surface area contributed by atoms with Gasteiger partial charge in [-0.2, -0.15) is 0 Å². The van der Waals surface area contributed by atoms with Gasteiger partial charge in [-0.3, -0.25) is 14.4 Å². The van der Waals surface area contributed by atoms with E-state index in [0.717, 1.165) is 42.9 Å². The van der Waals surface area contributed by atoms with Gasteiger partial charge in [-0.15, -0.1) is 0 Å². The molecule has 2 atom stereocenters. The maximum Gasteiger partial charge on any atom is 0.305 e. The molecule has 0 radical (unpaired) electrons. The number of fused-ring (bicyclic) bond motifs is 1. The Morgan fingerprint density at radius 3 is 2.76 bits per heavy atom. The van der Waals surface area contributed by atoms with E-state index in [1.54, 1.807) is 4.90 Å². The summed E-state index contributed by atoms with van der Waals surface area (Å²) >= 11 is 0. The smallest absolute Gasteiger partial charge is 0.305 e. The number of aryl methyl sites for hydroxylation is 2. The van der Waals surface area contributed by atoms with E-state index in [4.69, 9.17) is 0 Å². The van der Waals surface area contributed by atoms with Gasteiger partial charge in [-0.1, -0.05) is 36.4 Å². The van der Waals surface area contributed by atoms with E-state index >= 15 is 0 Å². The van der Waals surface area contributed by atoms with Crippen molar-refractivity contribution in [3.63, 3.8) is 0 Å². The summed E-state index contributed by atoms with van der Waals surface area (Å²) in [5, 5.41) is 15.5. The monoisotopic (exact) mass is 464 g/mol. The van der Waals surface area contributed by atoms with E-state index in [9.17, 15) is 19.5 Å². The lowest BCUT2D eigenvalue weighted by Crippen LogP contribution is -2.46. The molecule has 3 heterocycles. The third-order valence-electron chi connectivity index (χ3n) is 6.59. The van der Waals surface area contributed by atoms with Gasteiger partial charge in [0, 0.05) is 31.7 Å². The van der Waals surface area contributed by atoms with Crippen LogP contribution < -0.4 is 10.6 Å². The minimum absolute atomic E-state index is 0.0233. The number of pyridine rings is 1. The molecule has 1 fully saturated rings. The van der Waals surface area contributed by atoms with Gasteiger partial charge >= 0.3 is 5.97 Å². The molecule has 1 aromatic heterocycles. The second kappa shape index (κ2) is 11.1. The highest BCUT2D eigenvalue weighted by Crippen LogP contribution is 2.23. The quantitative estimate of drug-likeness (QED) is 0.554. The lowest BCUT2D eigenvalue weighted by Gasteiger charge is -2.33. The molecule has 2 aliphatic heterocycles. The van der Waals surface area contributed by atoms with Crippen molar-refractivity contribution in [2.45, 2.75) is 51.0 Å². The molecule has 8 nitrogen and oxygen atoms in total. The Hall–Kier alpha value is -3.42. The minimum atomic E-state index is -0.972. The van der Waals surface area contributed by atoms with Crippen LogP contribution in [0.2, 0.25) is 0 Å². The molecule has 1 aromatic carbocycles. The zero-order valence-electron chi connectivity index (χ0n) is 19.3. The number of amides is 2. The standard InChI is InChI=1S/C26H32N4O4/c31-23(13-12-21-11-10-19-8-4-14-27-25(19)28-21)30-15-5-9-20(17-30)26(34)29-22(16-24(32)33)18-6-2-1-3-7-18/h1-3,6-7,10-11,20,22H,4-5,8-9,12-17H2,(H,27,28)(H,29,34)(H,32,33). The molecule has 2 unspecified atom stereocenters. The van der Waals surface area contributed by atoms with Crippen LogP contribution in [0, 0.1) is 5.92 Å². The van der Waals surface area contributed by atoms with E-state index in [0.29, 0.717) is 32.4 Å². The maximum absolute atomic E-state index is 13.0. The highest BCUT2D eigenvalue weighted by atomic mass is 16.4. The molecule has 2 aromatic rings. The SMILES string of the molecule is O=C(O)CC(NC(=O)C1CCCN(C(=O)CCc2ccc3c(n2)NCCC3)C1)c1ccccc1. The molecule has 3 N–H and O–H groups in total. The van der Waals surface area contributed by atoms with Crippen molar-refractivity contribution in [3.8, 4) is 0 Å². The Morgan fingerprint density at radius 1 is 1.15 bits per heavy atom. The Balaban J connectivity index is 1.32. The number of carboxylic acid groups (broad SMARTS) is 1. The number of hydrogen-bond acceptors (Lipinski definition) is 5. The number of nitrogens with zero attached hydrogens (tertiary/aromatic N) is 2. The average molecular weight is 465 g/mol. The van der Waals surface area contributed by atoms with E-state index < -0.39 is 12.0 Å². The molecule has 0 spiro atoms. The molecular weight excluding hydrogens is 432 g/mol. The predicted octanol–water partition coefficient (Wildman–Crippen LogP) is 2.94. The van der Waals surface area contributed by atoms with Crippen LogP contribution in [0.25, 0.3) is 0 Å². The third kappa shape index (κ3) is 6.12. The first-order valence-electron chi connectivity index (χ1n) is 12.1. The van der Waals surface area contributed by atoms with E-state index in [-0.39, 0.29) is 24.2 Å². The van der Waals surface area contributed by atoms with Crippen molar-refractivity contribution in [1.29, 1.82) is 0 Å². The summed E-state index contributed by atoms with van der Waals surface area (Å²) in [6, 6.07) is 12.6. The van der Waals surface area contributed by atoms with Crippen molar-refractivity contribution in [2.24, 2.45) is 5.92 Å². The average Bonchev–Trinajstić information content (AvgIpc) is 2.87. The number of rotatable bonds is 8. The van der Waals surface area contributed by atoms with Crippen molar-refractivity contribution >= 4 is 23.6 Å². The molecule has 2 amide bonds. The first-order chi connectivity index (χ1) is 16.5. The van der Waals surface area contributed by atoms with Gasteiger partial charge in [0.2, 0.25) is 11.8 Å². The lowest BCUT2D eigenvalue weighted by molar-refractivity contribution is -0.138. The number of carbonyl (C=O) groups is 3. The minimum Gasteiger partial charge on any atom is -0.481 e. The number of aliphatic carboxylic acids is 1. The Kier molecular flexibility index (Phi) is 7.77. The van der Waals surface area contributed by atoms with Crippen LogP contribution in [-0.4, -0.2) is 52.4 Å². The number of carboxylic acids is 1. The van der Waals surface area contributed by atoms with Gasteiger partial charge in [-0.05, 0) is 49.3 Å². The molecule has 2 aliphatic rings. The van der Waals surface area contributed by atoms with Crippen LogP contribution in [0.1, 0.15) is 55.0 Å². The Bertz CT molecular complexity index is 1030. The number of likely N-dealkylation sites (tertiary alicyclic amines) is 1. The molecule has 0 bridgehead atoms. The molecule has 1 saturated heterocycles. The van der Waals surface area contributed by atoms with Crippen molar-refractivity contribution in [3.05, 3.63) is 59.3 Å². The fourth-order valence-corrected chi connectivity index (χ4v) is 4.72.